The first kappa shape index (κ1) is 14.9. The summed E-state index contributed by atoms with van der Waals surface area (Å²) in [6, 6.07) is 4.04. The van der Waals surface area contributed by atoms with E-state index in [1.807, 2.05) is 0 Å². The van der Waals surface area contributed by atoms with Crippen LogP contribution in [0.5, 0.6) is 0 Å². The van der Waals surface area contributed by atoms with Crippen LogP contribution in [0.3, 0.4) is 0 Å². The van der Waals surface area contributed by atoms with Crippen LogP contribution in [0.1, 0.15) is 37.3 Å². The molecule has 3 nitrogen and oxygen atoms in total. The Kier molecular flexibility index (Phi) is 4.52. The number of fused-ring (bicyclic) bond motifs is 1. The molecule has 0 amide bonds. The monoisotopic (exact) mass is 296 g/mol. The second-order valence-electron chi connectivity index (χ2n) is 6.04. The zero-order valence-electron chi connectivity index (χ0n) is 12.1. The molecule has 1 aliphatic carbocycles. The normalized spacial score (nSPS) is 28.1. The molecule has 2 fully saturated rings. The van der Waals surface area contributed by atoms with Crippen LogP contribution in [0.4, 0.5) is 8.78 Å². The van der Waals surface area contributed by atoms with Crippen LogP contribution in [-0.2, 0) is 4.74 Å². The predicted octanol–water partition coefficient (Wildman–Crippen LogP) is 2.61. The Balaban J connectivity index is 1.68. The number of hydrogen-bond donors (Lipinski definition) is 1. The second kappa shape index (κ2) is 6.38. The molecule has 116 valence electrons. The minimum absolute atomic E-state index is 0.305. The van der Waals surface area contributed by atoms with E-state index in [1.165, 1.54) is 18.9 Å². The van der Waals surface area contributed by atoms with Gasteiger partial charge in [0.2, 0.25) is 0 Å². The van der Waals surface area contributed by atoms with Gasteiger partial charge in [-0.3, -0.25) is 4.90 Å². The molecule has 1 heterocycles. The zero-order chi connectivity index (χ0) is 14.8. The number of morpholine rings is 1. The molecule has 0 bridgehead atoms. The van der Waals surface area contributed by atoms with Crippen LogP contribution < -0.4 is 5.73 Å². The molecule has 0 spiro atoms. The van der Waals surface area contributed by atoms with Crippen LogP contribution in [0.15, 0.2) is 18.2 Å². The van der Waals surface area contributed by atoms with Gasteiger partial charge in [0.05, 0.1) is 12.7 Å². The van der Waals surface area contributed by atoms with E-state index in [1.54, 1.807) is 6.07 Å². The number of ether oxygens (including phenoxy) is 1. The smallest absolute Gasteiger partial charge is 0.159 e. The molecule has 3 rings (SSSR count). The average Bonchev–Trinajstić information content (AvgIpc) is 2.50. The highest BCUT2D eigenvalue weighted by Crippen LogP contribution is 2.29. The molecule has 1 aliphatic heterocycles. The maximum atomic E-state index is 13.3. The minimum Gasteiger partial charge on any atom is -0.375 e. The molecule has 1 saturated carbocycles. The quantitative estimate of drug-likeness (QED) is 0.932. The van der Waals surface area contributed by atoms with Crippen molar-refractivity contribution < 1.29 is 13.5 Å². The fraction of sp³-hybridized carbons (Fsp3) is 0.625. The third-order valence-electron chi connectivity index (χ3n) is 4.65. The highest BCUT2D eigenvalue weighted by Gasteiger charge is 2.34. The van der Waals surface area contributed by atoms with Crippen molar-refractivity contribution in [2.24, 2.45) is 5.73 Å². The van der Waals surface area contributed by atoms with E-state index in [0.717, 1.165) is 32.1 Å². The first-order valence-electron chi connectivity index (χ1n) is 7.71. The molecule has 0 radical (unpaired) electrons. The van der Waals surface area contributed by atoms with Gasteiger partial charge >= 0.3 is 0 Å². The highest BCUT2D eigenvalue weighted by molar-refractivity contribution is 5.21. The van der Waals surface area contributed by atoms with Gasteiger partial charge in [0.15, 0.2) is 11.6 Å². The predicted molar refractivity (Wildman–Crippen MR) is 76.9 cm³/mol. The van der Waals surface area contributed by atoms with E-state index in [-0.39, 0.29) is 6.04 Å². The van der Waals surface area contributed by atoms with Gasteiger partial charge in [-0.05, 0) is 30.5 Å². The molecule has 0 aromatic heterocycles. The lowest BCUT2D eigenvalue weighted by molar-refractivity contribution is -0.0894. The van der Waals surface area contributed by atoms with E-state index in [9.17, 15) is 8.78 Å². The third kappa shape index (κ3) is 3.25. The van der Waals surface area contributed by atoms with E-state index in [2.05, 4.69) is 4.90 Å². The number of hydrogen-bond acceptors (Lipinski definition) is 3. The molecule has 3 unspecified atom stereocenters. The number of nitrogens with two attached hydrogens (primary N) is 1. The van der Waals surface area contributed by atoms with Gasteiger partial charge in [-0.1, -0.05) is 18.9 Å². The van der Waals surface area contributed by atoms with Crippen molar-refractivity contribution in [2.45, 2.75) is 43.9 Å². The maximum absolute atomic E-state index is 13.3. The molecule has 1 saturated heterocycles. The van der Waals surface area contributed by atoms with Crippen LogP contribution in [-0.4, -0.2) is 36.7 Å². The Bertz CT molecular complexity index is 495. The fourth-order valence-corrected chi connectivity index (χ4v) is 3.50. The molecule has 1 aromatic rings. The summed E-state index contributed by atoms with van der Waals surface area (Å²) in [7, 11) is 0. The summed E-state index contributed by atoms with van der Waals surface area (Å²) in [5, 5.41) is 0. The molecule has 1 aromatic carbocycles. The third-order valence-corrected chi connectivity index (χ3v) is 4.65. The van der Waals surface area contributed by atoms with Gasteiger partial charge in [-0.25, -0.2) is 8.78 Å². The lowest BCUT2D eigenvalue weighted by atomic mass is 9.89. The maximum Gasteiger partial charge on any atom is 0.159 e. The summed E-state index contributed by atoms with van der Waals surface area (Å²) in [6.45, 7) is 2.25. The van der Waals surface area contributed by atoms with Crippen molar-refractivity contribution in [3.63, 3.8) is 0 Å². The fourth-order valence-electron chi connectivity index (χ4n) is 3.50. The lowest BCUT2D eigenvalue weighted by Gasteiger charge is -2.44. The van der Waals surface area contributed by atoms with Gasteiger partial charge in [0.25, 0.3) is 0 Å². The molecule has 3 atom stereocenters. The SMILES string of the molecule is NC(CN1CCOC2CCCCC21)c1ccc(F)c(F)c1. The van der Waals surface area contributed by atoms with Gasteiger partial charge in [-0.2, -0.15) is 0 Å². The summed E-state index contributed by atoms with van der Waals surface area (Å²) in [5.74, 6) is -1.66. The molecule has 2 N–H and O–H groups in total. The Labute approximate surface area is 124 Å². The highest BCUT2D eigenvalue weighted by atomic mass is 19.2. The number of nitrogens with zero attached hydrogens (tertiary/aromatic N) is 1. The molecular formula is C16H22F2N2O. The summed E-state index contributed by atoms with van der Waals surface area (Å²) in [5.41, 5.74) is 6.84. The number of rotatable bonds is 3. The van der Waals surface area contributed by atoms with Crippen molar-refractivity contribution in [1.82, 2.24) is 4.90 Å². The first-order valence-corrected chi connectivity index (χ1v) is 7.71. The molecule has 5 heteroatoms. The van der Waals surface area contributed by atoms with Gasteiger partial charge in [-0.15, -0.1) is 0 Å². The number of benzene rings is 1. The minimum atomic E-state index is -0.833. The van der Waals surface area contributed by atoms with Gasteiger partial charge in [0, 0.05) is 25.2 Å². The average molecular weight is 296 g/mol. The lowest BCUT2D eigenvalue weighted by Crippen LogP contribution is -2.54. The van der Waals surface area contributed by atoms with Crippen molar-refractivity contribution >= 4 is 0 Å². The summed E-state index contributed by atoms with van der Waals surface area (Å²) in [4.78, 5) is 2.36. The van der Waals surface area contributed by atoms with Crippen molar-refractivity contribution in [1.29, 1.82) is 0 Å². The standard InChI is InChI=1S/C16H22F2N2O/c17-12-6-5-11(9-13(12)18)14(19)10-20-7-8-21-16-4-2-1-3-15(16)20/h5-6,9,14-16H,1-4,7-8,10,19H2. The zero-order valence-corrected chi connectivity index (χ0v) is 12.1. The van der Waals surface area contributed by atoms with Crippen molar-refractivity contribution in [3.8, 4) is 0 Å². The Morgan fingerprint density at radius 1 is 1.24 bits per heavy atom. The van der Waals surface area contributed by atoms with Crippen molar-refractivity contribution in [2.75, 3.05) is 19.7 Å². The Hall–Kier alpha value is -1.04. The molecule has 2 aliphatic rings. The largest absolute Gasteiger partial charge is 0.375 e. The summed E-state index contributed by atoms with van der Waals surface area (Å²) < 4.78 is 32.2. The van der Waals surface area contributed by atoms with Crippen LogP contribution >= 0.6 is 0 Å². The van der Waals surface area contributed by atoms with Crippen LogP contribution in [0.25, 0.3) is 0 Å². The summed E-state index contributed by atoms with van der Waals surface area (Å²) in [6.07, 6.45) is 5.01. The van der Waals surface area contributed by atoms with Gasteiger partial charge in [0.1, 0.15) is 0 Å². The molecule has 21 heavy (non-hydrogen) atoms. The van der Waals surface area contributed by atoms with Gasteiger partial charge < -0.3 is 10.5 Å². The van der Waals surface area contributed by atoms with Crippen LogP contribution in [0, 0.1) is 11.6 Å². The Morgan fingerprint density at radius 3 is 2.86 bits per heavy atom. The van der Waals surface area contributed by atoms with E-state index in [4.69, 9.17) is 10.5 Å². The topological polar surface area (TPSA) is 38.5 Å². The van der Waals surface area contributed by atoms with E-state index < -0.39 is 11.6 Å². The van der Waals surface area contributed by atoms with E-state index in [0.29, 0.717) is 24.3 Å². The van der Waals surface area contributed by atoms with Crippen LogP contribution in [0.2, 0.25) is 0 Å². The van der Waals surface area contributed by atoms with Crippen molar-refractivity contribution in [3.05, 3.63) is 35.4 Å². The molecular weight excluding hydrogens is 274 g/mol. The second-order valence-corrected chi connectivity index (χ2v) is 6.04. The summed E-state index contributed by atoms with van der Waals surface area (Å²) >= 11 is 0. The Morgan fingerprint density at radius 2 is 2.05 bits per heavy atom. The van der Waals surface area contributed by atoms with E-state index >= 15 is 0 Å². The number of halogens is 2. The first-order chi connectivity index (χ1) is 10.1.